The summed E-state index contributed by atoms with van der Waals surface area (Å²) in [6.07, 6.45) is 0. The SMILES string of the molecule is CC1(C)c2ccccc2-c2ccc(-c3nc4c(nc3-n3c5ccccc5c5c6c7ccccc7n(-c7ccccc7)c6ccc53)oc3ccccc34)cc21. The van der Waals surface area contributed by atoms with E-state index in [1.54, 1.807) is 0 Å². The van der Waals surface area contributed by atoms with Gasteiger partial charge in [0.1, 0.15) is 16.8 Å². The maximum atomic E-state index is 6.45. The molecule has 5 heteroatoms. The minimum atomic E-state index is -0.159. The first kappa shape index (κ1) is 29.6. The van der Waals surface area contributed by atoms with Gasteiger partial charge in [-0.15, -0.1) is 0 Å². The molecule has 0 spiro atoms. The van der Waals surface area contributed by atoms with Crippen molar-refractivity contribution >= 4 is 65.8 Å². The Hall–Kier alpha value is -6.98. The highest BCUT2D eigenvalue weighted by Crippen LogP contribution is 2.50. The maximum absolute atomic E-state index is 6.45. The Balaban J connectivity index is 1.21. The molecule has 4 aromatic heterocycles. The zero-order valence-corrected chi connectivity index (χ0v) is 29.7. The fourth-order valence-electron chi connectivity index (χ4n) is 9.32. The second kappa shape index (κ2) is 10.6. The highest BCUT2D eigenvalue weighted by atomic mass is 16.3. The molecule has 0 N–H and O–H groups in total. The summed E-state index contributed by atoms with van der Waals surface area (Å²) >= 11 is 0. The standard InChI is InChI=1S/C49H32N4O/c1-49(2)36-20-10-6-16-31(36)32-25-24-29(28-37(32)49)45-47(51-48-46(50-45)35-19-9-13-23-42(35)54-48)53-39-22-12-8-18-34(39)44-41(53)27-26-40-43(44)33-17-7-11-21-38(33)52(40)30-14-4-3-5-15-30/h3-28H,1-2H3. The summed E-state index contributed by atoms with van der Waals surface area (Å²) in [7, 11) is 0. The van der Waals surface area contributed by atoms with Crippen LogP contribution in [0.3, 0.4) is 0 Å². The molecule has 1 aliphatic carbocycles. The monoisotopic (exact) mass is 692 g/mol. The third-order valence-electron chi connectivity index (χ3n) is 11.7. The van der Waals surface area contributed by atoms with E-state index in [0.29, 0.717) is 5.71 Å². The van der Waals surface area contributed by atoms with Crippen LogP contribution >= 0.6 is 0 Å². The molecule has 0 unspecified atom stereocenters. The number of aromatic nitrogens is 4. The predicted molar refractivity (Wildman–Crippen MR) is 221 cm³/mol. The number of fused-ring (bicyclic) bond motifs is 13. The molecule has 0 amide bonds. The van der Waals surface area contributed by atoms with E-state index in [9.17, 15) is 0 Å². The van der Waals surface area contributed by atoms with Crippen molar-refractivity contribution in [3.63, 3.8) is 0 Å². The van der Waals surface area contributed by atoms with Gasteiger partial charge in [0.25, 0.3) is 0 Å². The quantitative estimate of drug-likeness (QED) is 0.185. The topological polar surface area (TPSA) is 48.8 Å². The first-order valence-corrected chi connectivity index (χ1v) is 18.5. The van der Waals surface area contributed by atoms with Gasteiger partial charge < -0.3 is 8.98 Å². The van der Waals surface area contributed by atoms with Crippen LogP contribution in [0.5, 0.6) is 0 Å². The fraction of sp³-hybridized carbons (Fsp3) is 0.0612. The Labute approximate surface area is 310 Å². The Morgan fingerprint density at radius 1 is 0.500 bits per heavy atom. The number of nitrogens with zero attached hydrogens (tertiary/aromatic N) is 4. The first-order valence-electron chi connectivity index (χ1n) is 18.5. The summed E-state index contributed by atoms with van der Waals surface area (Å²) in [5.41, 5.74) is 14.6. The summed E-state index contributed by atoms with van der Waals surface area (Å²) in [5.74, 6) is 0.743. The second-order valence-corrected chi connectivity index (χ2v) is 15.0. The molecule has 0 fully saturated rings. The van der Waals surface area contributed by atoms with E-state index in [2.05, 4.69) is 163 Å². The van der Waals surface area contributed by atoms with Crippen molar-refractivity contribution in [1.29, 1.82) is 0 Å². The summed E-state index contributed by atoms with van der Waals surface area (Å²) in [4.78, 5) is 10.9. The number of benzene rings is 7. The molecule has 1 aliphatic rings. The summed E-state index contributed by atoms with van der Waals surface area (Å²) in [5, 5.41) is 5.75. The van der Waals surface area contributed by atoms with Crippen LogP contribution in [-0.2, 0) is 5.41 Å². The van der Waals surface area contributed by atoms with E-state index in [1.165, 1.54) is 43.9 Å². The third-order valence-corrected chi connectivity index (χ3v) is 11.7. The molecule has 7 aromatic carbocycles. The van der Waals surface area contributed by atoms with Gasteiger partial charge in [-0.25, -0.2) is 4.98 Å². The van der Waals surface area contributed by atoms with Gasteiger partial charge in [0.2, 0.25) is 5.71 Å². The lowest BCUT2D eigenvalue weighted by molar-refractivity contribution is 0.651. The van der Waals surface area contributed by atoms with Crippen molar-refractivity contribution in [3.8, 4) is 33.9 Å². The largest absolute Gasteiger partial charge is 0.436 e. The van der Waals surface area contributed by atoms with Crippen LogP contribution in [0, 0.1) is 0 Å². The minimum Gasteiger partial charge on any atom is -0.436 e. The van der Waals surface area contributed by atoms with Gasteiger partial charge in [0.05, 0.1) is 22.1 Å². The van der Waals surface area contributed by atoms with Gasteiger partial charge in [0, 0.05) is 43.6 Å². The van der Waals surface area contributed by atoms with E-state index in [0.717, 1.165) is 61.2 Å². The third kappa shape index (κ3) is 3.83. The van der Waals surface area contributed by atoms with Gasteiger partial charge in [-0.2, -0.15) is 4.98 Å². The molecular formula is C49H32N4O. The molecule has 0 radical (unpaired) electrons. The maximum Gasteiger partial charge on any atom is 0.248 e. The molecule has 12 rings (SSSR count). The smallest absolute Gasteiger partial charge is 0.248 e. The molecule has 0 saturated heterocycles. The minimum absolute atomic E-state index is 0.159. The molecule has 254 valence electrons. The number of furan rings is 1. The predicted octanol–water partition coefficient (Wildman–Crippen LogP) is 12.5. The average molecular weight is 693 g/mol. The summed E-state index contributed by atoms with van der Waals surface area (Å²) in [6, 6.07) is 56.3. The van der Waals surface area contributed by atoms with Crippen LogP contribution in [0.25, 0.3) is 99.7 Å². The lowest BCUT2D eigenvalue weighted by Crippen LogP contribution is -2.15. The Bertz CT molecular complexity index is 3360. The lowest BCUT2D eigenvalue weighted by Gasteiger charge is -2.22. The Morgan fingerprint density at radius 3 is 1.89 bits per heavy atom. The Kier molecular flexibility index (Phi) is 5.78. The molecular weight excluding hydrogens is 661 g/mol. The van der Waals surface area contributed by atoms with Crippen molar-refractivity contribution in [1.82, 2.24) is 19.1 Å². The molecule has 54 heavy (non-hydrogen) atoms. The molecule has 4 heterocycles. The average Bonchev–Trinajstić information content (AvgIpc) is 3.92. The van der Waals surface area contributed by atoms with Crippen LogP contribution in [0.4, 0.5) is 0 Å². The lowest BCUT2D eigenvalue weighted by atomic mass is 9.82. The van der Waals surface area contributed by atoms with Crippen LogP contribution in [0.1, 0.15) is 25.0 Å². The first-order chi connectivity index (χ1) is 26.6. The Morgan fingerprint density at radius 2 is 1.11 bits per heavy atom. The molecule has 0 atom stereocenters. The summed E-state index contributed by atoms with van der Waals surface area (Å²) in [6.45, 7) is 4.65. The van der Waals surface area contributed by atoms with Crippen molar-refractivity contribution in [2.24, 2.45) is 0 Å². The number of hydrogen-bond acceptors (Lipinski definition) is 3. The van der Waals surface area contributed by atoms with E-state index in [4.69, 9.17) is 14.4 Å². The zero-order chi connectivity index (χ0) is 35.7. The molecule has 0 saturated carbocycles. The highest BCUT2D eigenvalue weighted by molar-refractivity contribution is 6.29. The van der Waals surface area contributed by atoms with E-state index in [1.807, 2.05) is 18.2 Å². The number of hydrogen-bond donors (Lipinski definition) is 0. The van der Waals surface area contributed by atoms with Crippen LogP contribution < -0.4 is 0 Å². The molecule has 11 aromatic rings. The molecule has 0 aliphatic heterocycles. The molecule has 0 bridgehead atoms. The zero-order valence-electron chi connectivity index (χ0n) is 29.7. The fourth-order valence-corrected chi connectivity index (χ4v) is 9.32. The van der Waals surface area contributed by atoms with Gasteiger partial charge >= 0.3 is 0 Å². The van der Waals surface area contributed by atoms with Gasteiger partial charge in [0.15, 0.2) is 5.82 Å². The second-order valence-electron chi connectivity index (χ2n) is 15.0. The van der Waals surface area contributed by atoms with Crippen molar-refractivity contribution in [2.75, 3.05) is 0 Å². The molecule has 5 nitrogen and oxygen atoms in total. The van der Waals surface area contributed by atoms with Crippen LogP contribution in [-0.4, -0.2) is 19.1 Å². The van der Waals surface area contributed by atoms with E-state index in [-0.39, 0.29) is 5.41 Å². The summed E-state index contributed by atoms with van der Waals surface area (Å²) < 4.78 is 11.1. The van der Waals surface area contributed by atoms with Gasteiger partial charge in [-0.3, -0.25) is 4.57 Å². The number of rotatable bonds is 3. The van der Waals surface area contributed by atoms with Crippen LogP contribution in [0.2, 0.25) is 0 Å². The normalized spacial score (nSPS) is 13.5. The van der Waals surface area contributed by atoms with E-state index >= 15 is 0 Å². The van der Waals surface area contributed by atoms with Gasteiger partial charge in [-0.05, 0) is 76.9 Å². The highest BCUT2D eigenvalue weighted by Gasteiger charge is 2.36. The number of para-hydroxylation sites is 4. The van der Waals surface area contributed by atoms with Gasteiger partial charge in [-0.1, -0.05) is 117 Å². The van der Waals surface area contributed by atoms with E-state index < -0.39 is 0 Å². The van der Waals surface area contributed by atoms with Crippen LogP contribution in [0.15, 0.2) is 162 Å². The van der Waals surface area contributed by atoms with Crippen molar-refractivity contribution in [3.05, 3.63) is 169 Å². The van der Waals surface area contributed by atoms with Crippen molar-refractivity contribution in [2.45, 2.75) is 19.3 Å². The van der Waals surface area contributed by atoms with Crippen molar-refractivity contribution < 1.29 is 4.42 Å².